The van der Waals surface area contributed by atoms with E-state index in [0.717, 1.165) is 0 Å². The topological polar surface area (TPSA) is 88.2 Å². The van der Waals surface area contributed by atoms with E-state index < -0.39 is 12.1 Å². The van der Waals surface area contributed by atoms with Crippen LogP contribution in [0.4, 0.5) is 0 Å². The molecule has 1 aromatic carbocycles. The molecule has 0 aliphatic heterocycles. The second-order valence-electron chi connectivity index (χ2n) is 3.67. The van der Waals surface area contributed by atoms with E-state index in [1.165, 1.54) is 10.9 Å². The lowest BCUT2D eigenvalue weighted by molar-refractivity contribution is 0.0690. The van der Waals surface area contributed by atoms with Crippen molar-refractivity contribution in [3.8, 4) is 0 Å². The van der Waals surface area contributed by atoms with Crippen LogP contribution in [0.1, 0.15) is 22.2 Å². The summed E-state index contributed by atoms with van der Waals surface area (Å²) in [6.07, 6.45) is 0.379. The van der Waals surface area contributed by atoms with Crippen molar-refractivity contribution in [2.24, 2.45) is 0 Å². The lowest BCUT2D eigenvalue weighted by Crippen LogP contribution is -2.09. The Bertz CT molecular complexity index is 570. The number of aliphatic hydroxyl groups is 1. The Labute approximate surface area is 107 Å². The highest BCUT2D eigenvalue weighted by Crippen LogP contribution is 2.23. The zero-order chi connectivity index (χ0) is 13.1. The van der Waals surface area contributed by atoms with Gasteiger partial charge in [0.25, 0.3) is 0 Å². The molecule has 94 valence electrons. The van der Waals surface area contributed by atoms with Crippen molar-refractivity contribution in [1.29, 1.82) is 0 Å². The van der Waals surface area contributed by atoms with Crippen LogP contribution in [-0.4, -0.2) is 31.2 Å². The number of nitrogens with zero attached hydrogens (tertiary/aromatic N) is 3. The second-order valence-corrected chi connectivity index (χ2v) is 4.08. The molecule has 0 bridgehead atoms. The molecule has 2 N–H and O–H groups in total. The molecule has 0 saturated carbocycles. The first-order valence-electron chi connectivity index (χ1n) is 5.14. The van der Waals surface area contributed by atoms with E-state index in [9.17, 15) is 9.90 Å². The van der Waals surface area contributed by atoms with Crippen molar-refractivity contribution in [3.63, 3.8) is 0 Å². The van der Waals surface area contributed by atoms with E-state index >= 15 is 0 Å². The maximum Gasteiger partial charge on any atom is 0.358 e. The van der Waals surface area contributed by atoms with Gasteiger partial charge in [0.05, 0.1) is 12.7 Å². The molecule has 6 nitrogen and oxygen atoms in total. The summed E-state index contributed by atoms with van der Waals surface area (Å²) in [5.74, 6) is -1.16. The second kappa shape index (κ2) is 5.16. The molecule has 1 unspecified atom stereocenters. The van der Waals surface area contributed by atoms with Crippen molar-refractivity contribution in [2.75, 3.05) is 0 Å². The van der Waals surface area contributed by atoms with Gasteiger partial charge in [-0.15, -0.1) is 5.10 Å². The SMILES string of the molecule is O=C(O)c1cn(CC(O)c2ccccc2Cl)nn1. The van der Waals surface area contributed by atoms with Gasteiger partial charge in [-0.25, -0.2) is 9.48 Å². The van der Waals surface area contributed by atoms with Crippen LogP contribution in [-0.2, 0) is 6.54 Å². The summed E-state index contributed by atoms with van der Waals surface area (Å²) in [5, 5.41) is 26.2. The first-order valence-corrected chi connectivity index (χ1v) is 5.51. The Morgan fingerprint density at radius 3 is 2.78 bits per heavy atom. The van der Waals surface area contributed by atoms with Crippen LogP contribution in [0.15, 0.2) is 30.5 Å². The Hall–Kier alpha value is -1.92. The molecule has 18 heavy (non-hydrogen) atoms. The molecule has 0 saturated heterocycles. The van der Waals surface area contributed by atoms with E-state index in [2.05, 4.69) is 10.3 Å². The van der Waals surface area contributed by atoms with Crippen LogP contribution < -0.4 is 0 Å². The number of benzene rings is 1. The molecule has 2 aromatic rings. The summed E-state index contributed by atoms with van der Waals surface area (Å²) >= 11 is 5.94. The molecule has 1 atom stereocenters. The van der Waals surface area contributed by atoms with E-state index in [1.807, 2.05) is 0 Å². The van der Waals surface area contributed by atoms with E-state index in [0.29, 0.717) is 10.6 Å². The minimum absolute atomic E-state index is 0.0873. The summed E-state index contributed by atoms with van der Waals surface area (Å²) in [4.78, 5) is 10.6. The van der Waals surface area contributed by atoms with Gasteiger partial charge in [-0.05, 0) is 6.07 Å². The fourth-order valence-corrected chi connectivity index (χ4v) is 1.77. The van der Waals surface area contributed by atoms with Crippen LogP contribution in [0.5, 0.6) is 0 Å². The molecule has 0 radical (unpaired) electrons. The minimum Gasteiger partial charge on any atom is -0.476 e. The number of hydrogen-bond donors (Lipinski definition) is 2. The average molecular weight is 268 g/mol. The van der Waals surface area contributed by atoms with E-state index in [-0.39, 0.29) is 12.2 Å². The van der Waals surface area contributed by atoms with Crippen molar-refractivity contribution in [1.82, 2.24) is 15.0 Å². The molecular formula is C11H10ClN3O3. The zero-order valence-corrected chi connectivity index (χ0v) is 9.95. The fraction of sp³-hybridized carbons (Fsp3) is 0.182. The summed E-state index contributed by atoms with van der Waals surface area (Å²) < 4.78 is 1.26. The maximum atomic E-state index is 10.6. The number of carboxylic acid groups (broad SMARTS) is 1. The summed E-state index contributed by atoms with van der Waals surface area (Å²) in [6, 6.07) is 6.89. The van der Waals surface area contributed by atoms with Crippen LogP contribution in [0.3, 0.4) is 0 Å². The standard InChI is InChI=1S/C11H10ClN3O3/c12-8-4-2-1-3-7(8)10(16)6-15-5-9(11(17)18)13-14-15/h1-5,10,16H,6H2,(H,17,18). The predicted octanol–water partition coefficient (Wildman–Crippen LogP) is 1.36. The highest BCUT2D eigenvalue weighted by molar-refractivity contribution is 6.31. The van der Waals surface area contributed by atoms with Gasteiger partial charge in [0.15, 0.2) is 5.69 Å². The monoisotopic (exact) mass is 267 g/mol. The fourth-order valence-electron chi connectivity index (χ4n) is 1.51. The third-order valence-corrected chi connectivity index (χ3v) is 2.73. The Morgan fingerprint density at radius 1 is 1.44 bits per heavy atom. The van der Waals surface area contributed by atoms with Gasteiger partial charge in [0.1, 0.15) is 6.10 Å². The van der Waals surface area contributed by atoms with Crippen molar-refractivity contribution in [2.45, 2.75) is 12.6 Å². The van der Waals surface area contributed by atoms with Gasteiger partial charge < -0.3 is 10.2 Å². The highest BCUT2D eigenvalue weighted by atomic mass is 35.5. The first kappa shape index (κ1) is 12.5. The lowest BCUT2D eigenvalue weighted by Gasteiger charge is -2.11. The quantitative estimate of drug-likeness (QED) is 0.873. The molecule has 0 aliphatic carbocycles. The zero-order valence-electron chi connectivity index (χ0n) is 9.19. The number of carboxylic acids is 1. The highest BCUT2D eigenvalue weighted by Gasteiger charge is 2.14. The number of carbonyl (C=O) groups is 1. The Morgan fingerprint density at radius 2 is 2.17 bits per heavy atom. The largest absolute Gasteiger partial charge is 0.476 e. The average Bonchev–Trinajstić information content (AvgIpc) is 2.78. The first-order chi connectivity index (χ1) is 8.58. The molecule has 1 heterocycles. The minimum atomic E-state index is -1.16. The van der Waals surface area contributed by atoms with E-state index in [4.69, 9.17) is 16.7 Å². The molecule has 0 fully saturated rings. The van der Waals surface area contributed by atoms with Gasteiger partial charge in [-0.1, -0.05) is 35.0 Å². The third-order valence-electron chi connectivity index (χ3n) is 2.38. The number of aromatic nitrogens is 3. The van der Waals surface area contributed by atoms with Crippen molar-refractivity contribution in [3.05, 3.63) is 46.7 Å². The van der Waals surface area contributed by atoms with Crippen molar-refractivity contribution < 1.29 is 15.0 Å². The molecule has 0 spiro atoms. The normalized spacial score (nSPS) is 12.3. The number of aromatic carboxylic acids is 1. The van der Waals surface area contributed by atoms with Crippen LogP contribution in [0, 0.1) is 0 Å². The van der Waals surface area contributed by atoms with Crippen LogP contribution in [0.25, 0.3) is 0 Å². The Kier molecular flexibility index (Phi) is 3.59. The van der Waals surface area contributed by atoms with Gasteiger partial charge in [0, 0.05) is 10.6 Å². The molecule has 0 amide bonds. The summed E-state index contributed by atoms with van der Waals surface area (Å²) in [6.45, 7) is 0.0873. The Balaban J connectivity index is 2.13. The summed E-state index contributed by atoms with van der Waals surface area (Å²) in [7, 11) is 0. The lowest BCUT2D eigenvalue weighted by atomic mass is 10.1. The maximum absolute atomic E-state index is 10.6. The van der Waals surface area contributed by atoms with Crippen LogP contribution in [0.2, 0.25) is 5.02 Å². The van der Waals surface area contributed by atoms with Gasteiger partial charge in [-0.2, -0.15) is 0 Å². The number of halogens is 1. The molecule has 2 rings (SSSR count). The number of aliphatic hydroxyl groups excluding tert-OH is 1. The van der Waals surface area contributed by atoms with Gasteiger partial charge >= 0.3 is 5.97 Å². The van der Waals surface area contributed by atoms with Crippen LogP contribution >= 0.6 is 11.6 Å². The third kappa shape index (κ3) is 2.66. The molecular weight excluding hydrogens is 258 g/mol. The van der Waals surface area contributed by atoms with Gasteiger partial charge in [-0.3, -0.25) is 0 Å². The predicted molar refractivity (Wildman–Crippen MR) is 63.4 cm³/mol. The number of rotatable bonds is 4. The summed E-state index contributed by atoms with van der Waals surface area (Å²) in [5.41, 5.74) is 0.396. The molecule has 0 aliphatic rings. The molecule has 1 aromatic heterocycles. The van der Waals surface area contributed by atoms with Crippen molar-refractivity contribution >= 4 is 17.6 Å². The number of hydrogen-bond acceptors (Lipinski definition) is 4. The van der Waals surface area contributed by atoms with E-state index in [1.54, 1.807) is 24.3 Å². The molecule has 7 heteroatoms. The smallest absolute Gasteiger partial charge is 0.358 e. The van der Waals surface area contributed by atoms with Gasteiger partial charge in [0.2, 0.25) is 0 Å².